The lowest BCUT2D eigenvalue weighted by Crippen LogP contribution is -2.58. The number of nitrogens with two attached hydrogens (primary N) is 2. The van der Waals surface area contributed by atoms with Crippen LogP contribution in [-0.4, -0.2) is 81.7 Å². The predicted molar refractivity (Wildman–Crippen MR) is 109 cm³/mol. The standard InChI is InChI=1S/C18H31N5O9/c1-3-8(2)14(20)17(30)21-9(4-5-13(26)27)15(28)22-10(6-12(19)25)16(29)23-11(7-24)18(31)32/h8-11,14,24H,3-7,20H2,1-2H3,(H2,19,25)(H,21,30)(H,22,28)(H,23,29)(H,26,27)(H,31,32). The molecular weight excluding hydrogens is 430 g/mol. The van der Waals surface area contributed by atoms with Crippen molar-refractivity contribution in [3.05, 3.63) is 0 Å². The first-order valence-electron chi connectivity index (χ1n) is 9.84. The molecule has 14 nitrogen and oxygen atoms in total. The van der Waals surface area contributed by atoms with Crippen molar-refractivity contribution in [2.75, 3.05) is 6.61 Å². The van der Waals surface area contributed by atoms with Crippen molar-refractivity contribution >= 4 is 35.6 Å². The van der Waals surface area contributed by atoms with E-state index < -0.39 is 79.2 Å². The van der Waals surface area contributed by atoms with E-state index >= 15 is 0 Å². The molecule has 0 fully saturated rings. The Kier molecular flexibility index (Phi) is 12.5. The van der Waals surface area contributed by atoms with Crippen LogP contribution in [0.25, 0.3) is 0 Å². The third kappa shape index (κ3) is 10.2. The van der Waals surface area contributed by atoms with Gasteiger partial charge in [-0.2, -0.15) is 0 Å². The third-order valence-electron chi connectivity index (χ3n) is 4.68. The molecular formula is C18H31N5O9. The van der Waals surface area contributed by atoms with E-state index in [-0.39, 0.29) is 12.3 Å². The number of carbonyl (C=O) groups excluding carboxylic acids is 4. The molecule has 0 saturated heterocycles. The van der Waals surface area contributed by atoms with Crippen molar-refractivity contribution in [2.45, 2.75) is 63.7 Å². The van der Waals surface area contributed by atoms with Crippen molar-refractivity contribution in [3.63, 3.8) is 0 Å². The first kappa shape index (κ1) is 28.7. The summed E-state index contributed by atoms with van der Waals surface area (Å²) >= 11 is 0. The number of carbonyl (C=O) groups is 6. The number of carboxylic acid groups (broad SMARTS) is 2. The Hall–Kier alpha value is -3.26. The molecule has 0 rings (SSSR count). The number of aliphatic hydroxyl groups is 1. The molecule has 5 atom stereocenters. The topological polar surface area (TPSA) is 251 Å². The Balaban J connectivity index is 5.54. The van der Waals surface area contributed by atoms with Gasteiger partial charge in [-0.1, -0.05) is 20.3 Å². The lowest BCUT2D eigenvalue weighted by atomic mass is 9.98. The summed E-state index contributed by atoms with van der Waals surface area (Å²) in [6.07, 6.45) is -1.01. The second kappa shape index (κ2) is 13.9. The normalized spacial score (nSPS) is 15.4. The lowest BCUT2D eigenvalue weighted by Gasteiger charge is -2.25. The number of aliphatic hydroxyl groups excluding tert-OH is 1. The van der Waals surface area contributed by atoms with Gasteiger partial charge in [0, 0.05) is 6.42 Å². The summed E-state index contributed by atoms with van der Waals surface area (Å²) in [7, 11) is 0. The zero-order valence-corrected chi connectivity index (χ0v) is 17.9. The highest BCUT2D eigenvalue weighted by Crippen LogP contribution is 2.07. The summed E-state index contributed by atoms with van der Waals surface area (Å²) in [5.41, 5.74) is 10.9. The predicted octanol–water partition coefficient (Wildman–Crippen LogP) is -3.37. The molecule has 0 heterocycles. The summed E-state index contributed by atoms with van der Waals surface area (Å²) in [6, 6.07) is -5.73. The summed E-state index contributed by atoms with van der Waals surface area (Å²) in [4.78, 5) is 70.6. The van der Waals surface area contributed by atoms with Crippen LogP contribution in [0.3, 0.4) is 0 Å². The van der Waals surface area contributed by atoms with E-state index in [0.29, 0.717) is 6.42 Å². The minimum atomic E-state index is -1.70. The van der Waals surface area contributed by atoms with Gasteiger partial charge in [0.15, 0.2) is 0 Å². The van der Waals surface area contributed by atoms with E-state index in [2.05, 4.69) is 10.6 Å². The highest BCUT2D eigenvalue weighted by molar-refractivity contribution is 5.96. The number of carboxylic acids is 2. The van der Waals surface area contributed by atoms with Crippen molar-refractivity contribution in [3.8, 4) is 0 Å². The van der Waals surface area contributed by atoms with Crippen molar-refractivity contribution in [2.24, 2.45) is 17.4 Å². The zero-order valence-electron chi connectivity index (χ0n) is 17.9. The first-order valence-corrected chi connectivity index (χ1v) is 9.84. The summed E-state index contributed by atoms with van der Waals surface area (Å²) in [6.45, 7) is 2.56. The number of nitrogens with one attached hydrogen (secondary N) is 3. The maximum absolute atomic E-state index is 12.7. The Bertz CT molecular complexity index is 715. The van der Waals surface area contributed by atoms with Gasteiger partial charge in [0.1, 0.15) is 18.1 Å². The van der Waals surface area contributed by atoms with Crippen LogP contribution in [0.15, 0.2) is 0 Å². The van der Waals surface area contributed by atoms with Gasteiger partial charge >= 0.3 is 11.9 Å². The molecule has 32 heavy (non-hydrogen) atoms. The van der Waals surface area contributed by atoms with Crippen LogP contribution < -0.4 is 27.4 Å². The molecule has 182 valence electrons. The Morgan fingerprint density at radius 2 is 1.38 bits per heavy atom. The van der Waals surface area contributed by atoms with Crippen molar-refractivity contribution < 1.29 is 44.1 Å². The van der Waals surface area contributed by atoms with Gasteiger partial charge in [-0.15, -0.1) is 0 Å². The van der Waals surface area contributed by atoms with Crippen LogP contribution in [0.4, 0.5) is 0 Å². The maximum atomic E-state index is 12.7. The van der Waals surface area contributed by atoms with E-state index in [1.54, 1.807) is 13.8 Å². The number of hydrogen-bond acceptors (Lipinski definition) is 8. The summed E-state index contributed by atoms with van der Waals surface area (Å²) < 4.78 is 0. The van der Waals surface area contributed by atoms with Gasteiger partial charge in [0.2, 0.25) is 23.6 Å². The van der Waals surface area contributed by atoms with E-state index in [1.807, 2.05) is 5.32 Å². The molecule has 5 unspecified atom stereocenters. The number of hydrogen-bond donors (Lipinski definition) is 8. The van der Waals surface area contributed by atoms with E-state index in [9.17, 15) is 28.8 Å². The minimum absolute atomic E-state index is 0.238. The fraction of sp³-hybridized carbons (Fsp3) is 0.667. The monoisotopic (exact) mass is 461 g/mol. The molecule has 10 N–H and O–H groups in total. The highest BCUT2D eigenvalue weighted by Gasteiger charge is 2.31. The lowest BCUT2D eigenvalue weighted by molar-refractivity contribution is -0.143. The number of aliphatic carboxylic acids is 2. The summed E-state index contributed by atoms with van der Waals surface area (Å²) in [5.74, 6) is -6.90. The van der Waals surface area contributed by atoms with Crippen molar-refractivity contribution in [1.29, 1.82) is 0 Å². The van der Waals surface area contributed by atoms with Gasteiger partial charge < -0.3 is 42.7 Å². The molecule has 0 aromatic carbocycles. The smallest absolute Gasteiger partial charge is 0.328 e. The zero-order chi connectivity index (χ0) is 25.0. The van der Waals surface area contributed by atoms with Gasteiger partial charge in [0.05, 0.1) is 19.1 Å². The van der Waals surface area contributed by atoms with Gasteiger partial charge in [0.25, 0.3) is 0 Å². The molecule has 0 aromatic heterocycles. The fourth-order valence-corrected chi connectivity index (χ4v) is 2.46. The second-order valence-electron chi connectivity index (χ2n) is 7.22. The first-order chi connectivity index (χ1) is 14.8. The average Bonchev–Trinajstić information content (AvgIpc) is 2.71. The van der Waals surface area contributed by atoms with Gasteiger partial charge in [-0.25, -0.2) is 4.79 Å². The van der Waals surface area contributed by atoms with Crippen LogP contribution >= 0.6 is 0 Å². The fourth-order valence-electron chi connectivity index (χ4n) is 2.46. The van der Waals surface area contributed by atoms with Gasteiger partial charge in [-0.3, -0.25) is 24.0 Å². The van der Waals surface area contributed by atoms with E-state index in [0.717, 1.165) is 0 Å². The van der Waals surface area contributed by atoms with Crippen LogP contribution in [0.5, 0.6) is 0 Å². The molecule has 0 radical (unpaired) electrons. The minimum Gasteiger partial charge on any atom is -0.481 e. The Morgan fingerprint density at radius 1 is 0.875 bits per heavy atom. The largest absolute Gasteiger partial charge is 0.481 e. The van der Waals surface area contributed by atoms with Crippen LogP contribution in [-0.2, 0) is 28.8 Å². The number of amides is 4. The summed E-state index contributed by atoms with van der Waals surface area (Å²) in [5, 5.41) is 33.3. The van der Waals surface area contributed by atoms with E-state index in [1.165, 1.54) is 0 Å². The number of primary amides is 1. The molecule has 4 amide bonds. The van der Waals surface area contributed by atoms with Crippen LogP contribution in [0, 0.1) is 5.92 Å². The molecule has 0 aliphatic rings. The molecule has 0 aliphatic heterocycles. The Morgan fingerprint density at radius 3 is 1.81 bits per heavy atom. The molecule has 0 saturated carbocycles. The van der Waals surface area contributed by atoms with Crippen LogP contribution in [0.2, 0.25) is 0 Å². The SMILES string of the molecule is CCC(C)C(N)C(=O)NC(CCC(=O)O)C(=O)NC(CC(N)=O)C(=O)NC(CO)C(=O)O. The van der Waals surface area contributed by atoms with Crippen molar-refractivity contribution in [1.82, 2.24) is 16.0 Å². The second-order valence-corrected chi connectivity index (χ2v) is 7.22. The Labute approximate surface area is 184 Å². The molecule has 0 spiro atoms. The number of rotatable bonds is 15. The van der Waals surface area contributed by atoms with Crippen LogP contribution in [0.1, 0.15) is 39.5 Å². The average molecular weight is 461 g/mol. The maximum Gasteiger partial charge on any atom is 0.328 e. The van der Waals surface area contributed by atoms with Gasteiger partial charge in [-0.05, 0) is 12.3 Å². The van der Waals surface area contributed by atoms with E-state index in [4.69, 9.17) is 26.8 Å². The molecule has 14 heteroatoms. The quantitative estimate of drug-likeness (QED) is 0.120. The molecule has 0 aromatic rings. The molecule has 0 bridgehead atoms. The molecule has 0 aliphatic carbocycles. The highest BCUT2D eigenvalue weighted by atomic mass is 16.4. The third-order valence-corrected chi connectivity index (χ3v) is 4.68.